The maximum Gasteiger partial charge on any atom is 0.229 e. The Morgan fingerprint density at radius 3 is 2.61 bits per heavy atom. The van der Waals surface area contributed by atoms with E-state index in [1.165, 1.54) is 0 Å². The number of anilines is 2. The molecule has 0 bridgehead atoms. The molecule has 8 heteroatoms. The first kappa shape index (κ1) is 13.5. The Balaban J connectivity index is 2.02. The Hall–Kier alpha value is -0.950. The summed E-state index contributed by atoms with van der Waals surface area (Å²) in [7, 11) is -0.662. The second-order valence-corrected chi connectivity index (χ2v) is 6.08. The summed E-state index contributed by atoms with van der Waals surface area (Å²) in [5.74, 6) is 2.41. The zero-order valence-electron chi connectivity index (χ0n) is 10.1. The number of halogens is 1. The van der Waals surface area contributed by atoms with Gasteiger partial charge >= 0.3 is 0 Å². The molecule has 1 aliphatic heterocycles. The molecule has 1 aromatic heterocycles. The summed E-state index contributed by atoms with van der Waals surface area (Å²) in [5, 5.41) is 6.39. The van der Waals surface area contributed by atoms with Gasteiger partial charge in [0.05, 0.1) is 0 Å². The molecule has 100 valence electrons. The van der Waals surface area contributed by atoms with Crippen LogP contribution in [0.25, 0.3) is 0 Å². The molecule has 0 atom stereocenters. The van der Waals surface area contributed by atoms with Crippen molar-refractivity contribution in [3.05, 3.63) is 5.28 Å². The van der Waals surface area contributed by atoms with E-state index >= 15 is 0 Å². The molecule has 1 saturated heterocycles. The molecule has 0 aliphatic carbocycles. The van der Waals surface area contributed by atoms with E-state index in [0.717, 1.165) is 30.9 Å². The van der Waals surface area contributed by atoms with Crippen molar-refractivity contribution in [1.82, 2.24) is 15.0 Å². The van der Waals surface area contributed by atoms with E-state index in [9.17, 15) is 4.21 Å². The minimum Gasteiger partial charge on any atom is -0.354 e. The predicted molar refractivity (Wildman–Crippen MR) is 73.5 cm³/mol. The van der Waals surface area contributed by atoms with E-state index in [1.807, 2.05) is 6.92 Å². The van der Waals surface area contributed by atoms with Crippen LogP contribution in [0, 0.1) is 0 Å². The lowest BCUT2D eigenvalue weighted by atomic mass is 10.2. The highest BCUT2D eigenvalue weighted by molar-refractivity contribution is 7.85. The molecule has 2 rings (SSSR count). The van der Waals surface area contributed by atoms with Gasteiger partial charge in [0, 0.05) is 34.9 Å². The molecular weight excluding hydrogens is 274 g/mol. The largest absolute Gasteiger partial charge is 0.354 e. The first-order valence-electron chi connectivity index (χ1n) is 5.94. The van der Waals surface area contributed by atoms with Gasteiger partial charge in [0.25, 0.3) is 0 Å². The average molecular weight is 290 g/mol. The zero-order valence-corrected chi connectivity index (χ0v) is 11.7. The number of nitrogens with zero attached hydrogens (tertiary/aromatic N) is 3. The standard InChI is InChI=1S/C10H16ClN5OS/c1-2-12-9-14-8(11)15-10(16-9)13-7-3-5-18(17)6-4-7/h7H,2-6H2,1H3,(H2,12,13,14,15,16). The molecule has 2 N–H and O–H groups in total. The highest BCUT2D eigenvalue weighted by Gasteiger charge is 2.18. The highest BCUT2D eigenvalue weighted by atomic mass is 35.5. The maximum atomic E-state index is 11.3. The molecule has 1 fully saturated rings. The van der Waals surface area contributed by atoms with Gasteiger partial charge in [-0.05, 0) is 31.4 Å². The Labute approximate surface area is 113 Å². The molecule has 6 nitrogen and oxygen atoms in total. The Kier molecular flexibility index (Phi) is 4.71. The van der Waals surface area contributed by atoms with Gasteiger partial charge < -0.3 is 10.6 Å². The normalized spacial score (nSPS) is 23.7. The third-order valence-corrected chi connectivity index (χ3v) is 4.22. The van der Waals surface area contributed by atoms with Gasteiger partial charge in [-0.1, -0.05) is 0 Å². The smallest absolute Gasteiger partial charge is 0.229 e. The first-order valence-corrected chi connectivity index (χ1v) is 7.81. The van der Waals surface area contributed by atoms with Gasteiger partial charge in [-0.15, -0.1) is 0 Å². The molecule has 1 aromatic rings. The molecule has 0 saturated carbocycles. The fraction of sp³-hybridized carbons (Fsp3) is 0.700. The van der Waals surface area contributed by atoms with E-state index in [4.69, 9.17) is 11.6 Å². The SMILES string of the molecule is CCNc1nc(Cl)nc(NC2CCS(=O)CC2)n1. The highest BCUT2D eigenvalue weighted by Crippen LogP contribution is 2.15. The summed E-state index contributed by atoms with van der Waals surface area (Å²) in [4.78, 5) is 12.2. The average Bonchev–Trinajstić information content (AvgIpc) is 2.32. The lowest BCUT2D eigenvalue weighted by Crippen LogP contribution is -2.30. The molecule has 0 radical (unpaired) electrons. The van der Waals surface area contributed by atoms with Gasteiger partial charge in [-0.3, -0.25) is 4.21 Å². The molecule has 2 heterocycles. The van der Waals surface area contributed by atoms with Crippen LogP contribution in [0.4, 0.5) is 11.9 Å². The lowest BCUT2D eigenvalue weighted by Gasteiger charge is -2.22. The van der Waals surface area contributed by atoms with Gasteiger partial charge in [-0.2, -0.15) is 15.0 Å². The molecule has 1 aliphatic rings. The van der Waals surface area contributed by atoms with Crippen molar-refractivity contribution < 1.29 is 4.21 Å². The van der Waals surface area contributed by atoms with Crippen LogP contribution in [-0.4, -0.2) is 43.3 Å². The fourth-order valence-electron chi connectivity index (χ4n) is 1.77. The topological polar surface area (TPSA) is 79.8 Å². The lowest BCUT2D eigenvalue weighted by molar-refractivity contribution is 0.620. The molecule has 0 amide bonds. The molecule has 18 heavy (non-hydrogen) atoms. The summed E-state index contributed by atoms with van der Waals surface area (Å²) in [6.07, 6.45) is 1.74. The van der Waals surface area contributed by atoms with Crippen molar-refractivity contribution >= 4 is 34.3 Å². The van der Waals surface area contributed by atoms with Gasteiger partial charge in [-0.25, -0.2) is 0 Å². The van der Waals surface area contributed by atoms with Crippen LogP contribution in [0.3, 0.4) is 0 Å². The van der Waals surface area contributed by atoms with Crippen LogP contribution < -0.4 is 10.6 Å². The van der Waals surface area contributed by atoms with Crippen molar-refractivity contribution in [2.24, 2.45) is 0 Å². The summed E-state index contributed by atoms with van der Waals surface area (Å²) in [5.41, 5.74) is 0. The first-order chi connectivity index (χ1) is 8.67. The minimum absolute atomic E-state index is 0.169. The van der Waals surface area contributed by atoms with Crippen molar-refractivity contribution in [2.75, 3.05) is 28.7 Å². The second-order valence-electron chi connectivity index (χ2n) is 4.05. The second kappa shape index (κ2) is 6.29. The van der Waals surface area contributed by atoms with Crippen molar-refractivity contribution in [1.29, 1.82) is 0 Å². The summed E-state index contributed by atoms with van der Waals surface area (Å²) in [6.45, 7) is 2.68. The Morgan fingerprint density at radius 1 is 1.28 bits per heavy atom. The molecule has 0 aromatic carbocycles. The van der Waals surface area contributed by atoms with E-state index in [1.54, 1.807) is 0 Å². The van der Waals surface area contributed by atoms with Gasteiger partial charge in [0.15, 0.2) is 0 Å². The third-order valence-electron chi connectivity index (χ3n) is 2.66. The number of hydrogen-bond acceptors (Lipinski definition) is 6. The minimum atomic E-state index is -0.662. The van der Waals surface area contributed by atoms with Gasteiger partial charge in [0.2, 0.25) is 17.2 Å². The predicted octanol–water partition coefficient (Wildman–Crippen LogP) is 1.28. The summed E-state index contributed by atoms with van der Waals surface area (Å²) in [6, 6.07) is 0.260. The quantitative estimate of drug-likeness (QED) is 0.869. The number of nitrogens with one attached hydrogen (secondary N) is 2. The van der Waals surface area contributed by atoms with Crippen LogP contribution in [0.15, 0.2) is 0 Å². The number of aromatic nitrogens is 3. The van der Waals surface area contributed by atoms with Crippen LogP contribution in [0.2, 0.25) is 5.28 Å². The number of hydrogen-bond donors (Lipinski definition) is 2. The molecule has 0 spiro atoms. The van der Waals surface area contributed by atoms with Crippen LogP contribution >= 0.6 is 11.6 Å². The van der Waals surface area contributed by atoms with Crippen LogP contribution in [0.5, 0.6) is 0 Å². The summed E-state index contributed by atoms with van der Waals surface area (Å²) >= 11 is 5.84. The van der Waals surface area contributed by atoms with Crippen molar-refractivity contribution in [3.8, 4) is 0 Å². The van der Waals surface area contributed by atoms with Crippen molar-refractivity contribution in [3.63, 3.8) is 0 Å². The molecular formula is C10H16ClN5OS. The van der Waals surface area contributed by atoms with E-state index in [-0.39, 0.29) is 11.3 Å². The third kappa shape index (κ3) is 3.78. The van der Waals surface area contributed by atoms with Crippen LogP contribution in [0.1, 0.15) is 19.8 Å². The van der Waals surface area contributed by atoms with Crippen LogP contribution in [-0.2, 0) is 10.8 Å². The van der Waals surface area contributed by atoms with E-state index in [0.29, 0.717) is 11.9 Å². The van der Waals surface area contributed by atoms with Gasteiger partial charge in [0.1, 0.15) is 0 Å². The number of rotatable bonds is 4. The zero-order chi connectivity index (χ0) is 13.0. The maximum absolute atomic E-state index is 11.3. The fourth-order valence-corrected chi connectivity index (χ4v) is 3.23. The molecule has 0 unspecified atom stereocenters. The Bertz CT molecular complexity index is 434. The monoisotopic (exact) mass is 289 g/mol. The van der Waals surface area contributed by atoms with E-state index in [2.05, 4.69) is 25.6 Å². The van der Waals surface area contributed by atoms with Crippen molar-refractivity contribution in [2.45, 2.75) is 25.8 Å². The Morgan fingerprint density at radius 2 is 1.94 bits per heavy atom. The van der Waals surface area contributed by atoms with E-state index < -0.39 is 10.8 Å². The summed E-state index contributed by atoms with van der Waals surface area (Å²) < 4.78 is 11.3.